The van der Waals surface area contributed by atoms with Crippen LogP contribution in [0.25, 0.3) is 10.2 Å². The monoisotopic (exact) mass is 512 g/mol. The van der Waals surface area contributed by atoms with Crippen LogP contribution in [0.4, 0.5) is 29.7 Å². The third kappa shape index (κ3) is 5.60. The minimum Gasteiger partial charge on any atom is -0.378 e. The summed E-state index contributed by atoms with van der Waals surface area (Å²) >= 11 is 1.42. The maximum atomic E-state index is 12.9. The van der Waals surface area contributed by atoms with E-state index in [-0.39, 0.29) is 12.5 Å². The molecule has 10 heteroatoms. The molecule has 0 unspecified atom stereocenters. The fraction of sp³-hybridized carbons (Fsp3) is 0.231. The lowest BCUT2D eigenvalue weighted by Gasteiger charge is -2.28. The van der Waals surface area contributed by atoms with Crippen LogP contribution < -0.4 is 15.5 Å². The molecule has 0 bridgehead atoms. The number of aromatic nitrogens is 1. The number of benzene rings is 3. The number of nitrogens with one attached hydrogen (secondary N) is 2. The maximum absolute atomic E-state index is 12.9. The first-order valence-corrected chi connectivity index (χ1v) is 12.2. The summed E-state index contributed by atoms with van der Waals surface area (Å²) in [6.45, 7) is 3.21. The van der Waals surface area contributed by atoms with E-state index >= 15 is 0 Å². The lowest BCUT2D eigenvalue weighted by molar-refractivity contribution is -0.137. The standard InChI is InChI=1S/C26H23F3N4O2S/c27-26(28,29)19-3-1-2-17(14-19)16-30-24(34)18-4-9-22-23(15-18)36-25(32-22)31-20-5-7-21(8-6-20)33-10-12-35-13-11-33/h1-9,14-15H,10-13,16H2,(H,30,34)(H,31,32). The molecule has 0 aliphatic carbocycles. The predicted molar refractivity (Wildman–Crippen MR) is 135 cm³/mol. The minimum absolute atomic E-state index is 0.00324. The topological polar surface area (TPSA) is 66.5 Å². The Balaban J connectivity index is 1.23. The van der Waals surface area contributed by atoms with Gasteiger partial charge in [0.25, 0.3) is 5.91 Å². The van der Waals surface area contributed by atoms with Crippen molar-refractivity contribution in [3.63, 3.8) is 0 Å². The van der Waals surface area contributed by atoms with E-state index in [0.717, 1.165) is 60.0 Å². The van der Waals surface area contributed by atoms with Crippen LogP contribution in [0.3, 0.4) is 0 Å². The SMILES string of the molecule is O=C(NCc1cccc(C(F)(F)F)c1)c1ccc2nc(Nc3ccc(N4CCOCC4)cc3)sc2c1. The van der Waals surface area contributed by atoms with Gasteiger partial charge in [-0.1, -0.05) is 23.5 Å². The number of anilines is 3. The van der Waals surface area contributed by atoms with Gasteiger partial charge in [0.05, 0.1) is 29.0 Å². The summed E-state index contributed by atoms with van der Waals surface area (Å²) in [7, 11) is 0. The molecule has 1 aromatic heterocycles. The molecule has 3 aromatic carbocycles. The first kappa shape index (κ1) is 24.1. The number of halogens is 3. The van der Waals surface area contributed by atoms with E-state index in [1.165, 1.54) is 17.4 Å². The van der Waals surface area contributed by atoms with E-state index in [1.54, 1.807) is 24.3 Å². The summed E-state index contributed by atoms with van der Waals surface area (Å²) in [5, 5.41) is 6.70. The number of hydrogen-bond acceptors (Lipinski definition) is 6. The van der Waals surface area contributed by atoms with Crippen LogP contribution in [0.15, 0.2) is 66.7 Å². The molecule has 186 valence electrons. The summed E-state index contributed by atoms with van der Waals surface area (Å²) in [6.07, 6.45) is -4.42. The second-order valence-electron chi connectivity index (χ2n) is 8.35. The second-order valence-corrected chi connectivity index (χ2v) is 9.38. The van der Waals surface area contributed by atoms with Gasteiger partial charge in [0.15, 0.2) is 5.13 Å². The number of alkyl halides is 3. The molecule has 2 heterocycles. The van der Waals surface area contributed by atoms with Crippen LogP contribution in [0.1, 0.15) is 21.5 Å². The van der Waals surface area contributed by atoms with E-state index in [1.807, 2.05) is 12.1 Å². The van der Waals surface area contributed by atoms with Crippen molar-refractivity contribution in [3.8, 4) is 0 Å². The fourth-order valence-electron chi connectivity index (χ4n) is 3.96. The highest BCUT2D eigenvalue weighted by molar-refractivity contribution is 7.22. The number of amides is 1. The van der Waals surface area contributed by atoms with E-state index < -0.39 is 11.7 Å². The summed E-state index contributed by atoms with van der Waals surface area (Å²) in [5.41, 5.74) is 2.86. The summed E-state index contributed by atoms with van der Waals surface area (Å²) in [5.74, 6) is -0.365. The molecule has 0 spiro atoms. The van der Waals surface area contributed by atoms with Crippen LogP contribution in [0.2, 0.25) is 0 Å². The molecule has 0 radical (unpaired) electrons. The smallest absolute Gasteiger partial charge is 0.378 e. The van der Waals surface area contributed by atoms with Gasteiger partial charge in [-0.2, -0.15) is 13.2 Å². The van der Waals surface area contributed by atoms with Gasteiger partial charge < -0.3 is 20.3 Å². The fourth-order valence-corrected chi connectivity index (χ4v) is 4.89. The predicted octanol–water partition coefficient (Wildman–Crippen LogP) is 5.83. The van der Waals surface area contributed by atoms with Gasteiger partial charge in [0, 0.05) is 36.6 Å². The normalized spacial score (nSPS) is 14.1. The van der Waals surface area contributed by atoms with Crippen LogP contribution in [0, 0.1) is 0 Å². The minimum atomic E-state index is -4.42. The zero-order chi connectivity index (χ0) is 25.1. The molecule has 1 aliphatic rings. The number of thiazole rings is 1. The van der Waals surface area contributed by atoms with Crippen LogP contribution >= 0.6 is 11.3 Å². The van der Waals surface area contributed by atoms with Gasteiger partial charge in [-0.3, -0.25) is 4.79 Å². The number of hydrogen-bond donors (Lipinski definition) is 2. The van der Waals surface area contributed by atoms with Crippen LogP contribution in [0.5, 0.6) is 0 Å². The average molecular weight is 513 g/mol. The lowest BCUT2D eigenvalue weighted by Crippen LogP contribution is -2.36. The third-order valence-corrected chi connectivity index (χ3v) is 6.79. The molecule has 36 heavy (non-hydrogen) atoms. The van der Waals surface area contributed by atoms with E-state index in [4.69, 9.17) is 4.74 Å². The number of morpholine rings is 1. The van der Waals surface area contributed by atoms with Crippen molar-refractivity contribution in [2.75, 3.05) is 36.5 Å². The highest BCUT2D eigenvalue weighted by Crippen LogP contribution is 2.31. The number of ether oxygens (including phenoxy) is 1. The summed E-state index contributed by atoms with van der Waals surface area (Å²) in [6, 6.07) is 18.2. The molecule has 1 aliphatic heterocycles. The highest BCUT2D eigenvalue weighted by Gasteiger charge is 2.30. The first-order chi connectivity index (χ1) is 17.3. The van der Waals surface area contributed by atoms with Crippen LogP contribution in [-0.4, -0.2) is 37.2 Å². The molecule has 0 saturated carbocycles. The van der Waals surface area contributed by atoms with Gasteiger partial charge >= 0.3 is 6.18 Å². The Bertz CT molecular complexity index is 1370. The van der Waals surface area contributed by atoms with E-state index in [9.17, 15) is 18.0 Å². The molecule has 4 aromatic rings. The molecule has 2 N–H and O–H groups in total. The van der Waals surface area contributed by atoms with Crippen molar-refractivity contribution in [1.82, 2.24) is 10.3 Å². The van der Waals surface area contributed by atoms with Gasteiger partial charge in [-0.05, 0) is 60.2 Å². The number of nitrogens with zero attached hydrogens (tertiary/aromatic N) is 2. The zero-order valence-electron chi connectivity index (χ0n) is 19.1. The number of carbonyl (C=O) groups is 1. The Morgan fingerprint density at radius 3 is 2.56 bits per heavy atom. The van der Waals surface area contributed by atoms with Crippen molar-refractivity contribution in [2.24, 2.45) is 0 Å². The van der Waals surface area contributed by atoms with Crippen molar-refractivity contribution in [2.45, 2.75) is 12.7 Å². The summed E-state index contributed by atoms with van der Waals surface area (Å²) < 4.78 is 45.0. The molecule has 1 amide bonds. The van der Waals surface area contributed by atoms with Crippen molar-refractivity contribution in [1.29, 1.82) is 0 Å². The Kier molecular flexibility index (Phi) is 6.80. The summed E-state index contributed by atoms with van der Waals surface area (Å²) in [4.78, 5) is 19.5. The van der Waals surface area contributed by atoms with E-state index in [0.29, 0.717) is 16.3 Å². The largest absolute Gasteiger partial charge is 0.416 e. The van der Waals surface area contributed by atoms with Crippen LogP contribution in [-0.2, 0) is 17.5 Å². The van der Waals surface area contributed by atoms with Gasteiger partial charge in [0.1, 0.15) is 0 Å². The molecular weight excluding hydrogens is 489 g/mol. The van der Waals surface area contributed by atoms with Gasteiger partial charge in [-0.15, -0.1) is 0 Å². The number of rotatable bonds is 6. The molecular formula is C26H23F3N4O2S. The third-order valence-electron chi connectivity index (χ3n) is 5.85. The first-order valence-electron chi connectivity index (χ1n) is 11.4. The Morgan fingerprint density at radius 1 is 1.03 bits per heavy atom. The Morgan fingerprint density at radius 2 is 1.81 bits per heavy atom. The average Bonchev–Trinajstić information content (AvgIpc) is 3.29. The van der Waals surface area contributed by atoms with Crippen molar-refractivity contribution >= 4 is 44.0 Å². The molecule has 1 fully saturated rings. The highest BCUT2D eigenvalue weighted by atomic mass is 32.1. The second kappa shape index (κ2) is 10.2. The lowest BCUT2D eigenvalue weighted by atomic mass is 10.1. The number of carbonyl (C=O) groups excluding carboxylic acids is 1. The zero-order valence-corrected chi connectivity index (χ0v) is 20.0. The quantitative estimate of drug-likeness (QED) is 0.341. The molecule has 5 rings (SSSR count). The van der Waals surface area contributed by atoms with Crippen molar-refractivity contribution < 1.29 is 22.7 Å². The molecule has 0 atom stereocenters. The number of fused-ring (bicyclic) bond motifs is 1. The maximum Gasteiger partial charge on any atom is 0.416 e. The Hall–Kier alpha value is -3.63. The van der Waals surface area contributed by atoms with Gasteiger partial charge in [0.2, 0.25) is 0 Å². The molecule has 1 saturated heterocycles. The van der Waals surface area contributed by atoms with Crippen molar-refractivity contribution in [3.05, 3.63) is 83.4 Å². The van der Waals surface area contributed by atoms with E-state index in [2.05, 4.69) is 32.7 Å². The Labute approximate surface area is 209 Å². The molecule has 6 nitrogen and oxygen atoms in total. The van der Waals surface area contributed by atoms with Gasteiger partial charge in [-0.25, -0.2) is 4.98 Å².